The number of fused-ring (bicyclic) bond motifs is 3. The topological polar surface area (TPSA) is 290 Å². The standard InChI is InChI=1S/C43H68O19/c1-19-14-42-12-8-25-40(4,10-7-11-41(25,5)39(54)56-21(3)35(53)55-6)26(42)9-13-43(19,18-42)62-38-34(61-37-32(52)30(50)28(48)23(16-45)58-37)33(29(49)24(17-46)59-38)60-36-31(51)27(47)20(2)22(15-44)57-36/h20-34,36-38,44-52H,1,7-18H2,2-6H3/t20-,21?,22-,23-,24-,25+,26+,27+,28-,29-,30+,31-,32-,33+,34-,36+,37+,38+,40-,41-,42-,43+/m1/s1. The number of hydrogen-bond acceptors (Lipinski definition) is 19. The first kappa shape index (κ1) is 48.0. The molecule has 2 bridgehead atoms. The highest BCUT2D eigenvalue weighted by Gasteiger charge is 2.69. The van der Waals surface area contributed by atoms with Crippen LogP contribution >= 0.6 is 0 Å². The SMILES string of the molecule is C=C1C[C@@]23CC[C@H]4[C@@](C)(CCC[C@@]4(C)C(=O)OC(C)C(=O)OC)[C@@H]2CC[C@]1(O[C@@H]1O[C@H](CO)[C@@H](O)[C@H](O[C@@H]2O[C@H](CO)[C@@H](C)[C@H](O)[C@H]2O)[C@H]1O[C@@H]1O[C@H](CO)[C@@H](O)[C@H](O)[C@H]1O)C3. The van der Waals surface area contributed by atoms with Gasteiger partial charge in [0.05, 0.1) is 50.2 Å². The predicted molar refractivity (Wildman–Crippen MR) is 210 cm³/mol. The summed E-state index contributed by atoms with van der Waals surface area (Å²) in [6.07, 6.45) is -17.3. The van der Waals surface area contributed by atoms with E-state index in [2.05, 4.69) is 13.5 Å². The van der Waals surface area contributed by atoms with Crippen molar-refractivity contribution >= 4 is 11.9 Å². The minimum absolute atomic E-state index is 0.0361. The number of carbonyl (C=O) groups is 2. The summed E-state index contributed by atoms with van der Waals surface area (Å²) >= 11 is 0. The molecule has 7 aliphatic rings. The Balaban J connectivity index is 1.19. The molecule has 7 fully saturated rings. The molecule has 0 aromatic carbocycles. The lowest BCUT2D eigenvalue weighted by Gasteiger charge is -2.64. The maximum absolute atomic E-state index is 13.9. The van der Waals surface area contributed by atoms with E-state index < -0.39 is 141 Å². The third-order valence-corrected chi connectivity index (χ3v) is 16.2. The molecule has 4 saturated carbocycles. The van der Waals surface area contributed by atoms with Gasteiger partial charge in [-0.1, -0.05) is 26.8 Å². The van der Waals surface area contributed by atoms with Crippen LogP contribution in [0.15, 0.2) is 12.2 Å². The van der Waals surface area contributed by atoms with Crippen LogP contribution in [0.3, 0.4) is 0 Å². The molecule has 19 nitrogen and oxygen atoms in total. The fourth-order valence-corrected chi connectivity index (χ4v) is 12.8. The van der Waals surface area contributed by atoms with Crippen LogP contribution in [0.5, 0.6) is 0 Å². The molecule has 3 saturated heterocycles. The van der Waals surface area contributed by atoms with Gasteiger partial charge in [-0.25, -0.2) is 4.79 Å². The van der Waals surface area contributed by atoms with Gasteiger partial charge in [0.2, 0.25) is 0 Å². The van der Waals surface area contributed by atoms with Crippen LogP contribution in [0.4, 0.5) is 0 Å². The van der Waals surface area contributed by atoms with E-state index in [-0.39, 0.29) is 22.7 Å². The molecule has 0 aromatic rings. The number of methoxy groups -OCH3 is 1. The zero-order valence-corrected chi connectivity index (χ0v) is 36.2. The van der Waals surface area contributed by atoms with Crippen LogP contribution in [0.25, 0.3) is 0 Å². The summed E-state index contributed by atoms with van der Waals surface area (Å²) in [5.74, 6) is -1.64. The number of aliphatic hydroxyl groups is 9. The van der Waals surface area contributed by atoms with Gasteiger partial charge in [0.25, 0.3) is 0 Å². The van der Waals surface area contributed by atoms with Gasteiger partial charge in [-0.05, 0) is 93.5 Å². The first-order chi connectivity index (χ1) is 29.2. The Hall–Kier alpha value is -1.92. The average molecular weight is 889 g/mol. The highest BCUT2D eigenvalue weighted by Crippen LogP contribution is 2.73. The molecule has 19 heteroatoms. The molecule has 0 amide bonds. The summed E-state index contributed by atoms with van der Waals surface area (Å²) in [7, 11) is 1.25. The number of rotatable bonds is 12. The summed E-state index contributed by atoms with van der Waals surface area (Å²) in [4.78, 5) is 26.1. The van der Waals surface area contributed by atoms with E-state index in [1.54, 1.807) is 6.92 Å². The molecule has 22 atom stereocenters. The van der Waals surface area contributed by atoms with E-state index >= 15 is 0 Å². The van der Waals surface area contributed by atoms with Gasteiger partial charge in [0.1, 0.15) is 54.9 Å². The number of aliphatic hydroxyl groups excluding tert-OH is 9. The van der Waals surface area contributed by atoms with Crippen LogP contribution in [0.2, 0.25) is 0 Å². The summed E-state index contributed by atoms with van der Waals surface area (Å²) < 4.78 is 47.9. The Morgan fingerprint density at radius 1 is 0.742 bits per heavy atom. The first-order valence-electron chi connectivity index (χ1n) is 22.1. The summed E-state index contributed by atoms with van der Waals surface area (Å²) in [5.41, 5.74) is -1.69. The lowest BCUT2D eigenvalue weighted by atomic mass is 9.41. The van der Waals surface area contributed by atoms with Gasteiger partial charge < -0.3 is 83.9 Å². The van der Waals surface area contributed by atoms with Crippen LogP contribution in [0, 0.1) is 34.0 Å². The van der Waals surface area contributed by atoms with Crippen molar-refractivity contribution in [2.24, 2.45) is 34.0 Å². The fourth-order valence-electron chi connectivity index (χ4n) is 12.8. The molecule has 9 N–H and O–H groups in total. The lowest BCUT2D eigenvalue weighted by Crippen LogP contribution is -2.67. The van der Waals surface area contributed by atoms with Gasteiger partial charge in [-0.2, -0.15) is 0 Å². The minimum Gasteiger partial charge on any atom is -0.466 e. The Morgan fingerprint density at radius 2 is 1.32 bits per heavy atom. The highest BCUT2D eigenvalue weighted by atomic mass is 16.8. The quantitative estimate of drug-likeness (QED) is 0.0640. The zero-order valence-electron chi connectivity index (χ0n) is 36.2. The van der Waals surface area contributed by atoms with Crippen LogP contribution in [-0.4, -0.2) is 183 Å². The molecule has 0 radical (unpaired) electrons. The van der Waals surface area contributed by atoms with E-state index in [0.29, 0.717) is 38.5 Å². The molecule has 354 valence electrons. The van der Waals surface area contributed by atoms with Crippen LogP contribution in [0.1, 0.15) is 85.5 Å². The smallest absolute Gasteiger partial charge is 0.346 e. The summed E-state index contributed by atoms with van der Waals surface area (Å²) in [6.45, 7) is 9.79. The van der Waals surface area contributed by atoms with Crippen LogP contribution in [-0.2, 0) is 47.5 Å². The molecule has 3 heterocycles. The van der Waals surface area contributed by atoms with Crippen molar-refractivity contribution < 1.29 is 93.4 Å². The summed E-state index contributed by atoms with van der Waals surface area (Å²) in [5, 5.41) is 96.5. The fraction of sp³-hybridized carbons (Fsp3) is 0.907. The molecule has 3 aliphatic heterocycles. The molecule has 0 aromatic heterocycles. The second kappa shape index (κ2) is 18.0. The second-order valence-corrected chi connectivity index (χ2v) is 19.6. The Bertz CT molecular complexity index is 1630. The van der Waals surface area contributed by atoms with Crippen molar-refractivity contribution in [3.63, 3.8) is 0 Å². The molecule has 7 rings (SSSR count). The molecule has 4 aliphatic carbocycles. The number of carbonyl (C=O) groups excluding carboxylic acids is 2. The van der Waals surface area contributed by atoms with Crippen molar-refractivity contribution in [3.8, 4) is 0 Å². The van der Waals surface area contributed by atoms with Crippen molar-refractivity contribution in [3.05, 3.63) is 12.2 Å². The average Bonchev–Trinajstić information content (AvgIpc) is 3.44. The molecular weight excluding hydrogens is 820 g/mol. The van der Waals surface area contributed by atoms with Crippen molar-refractivity contribution in [1.29, 1.82) is 0 Å². The number of hydrogen-bond donors (Lipinski definition) is 9. The molecule has 1 spiro atoms. The van der Waals surface area contributed by atoms with Crippen molar-refractivity contribution in [1.82, 2.24) is 0 Å². The van der Waals surface area contributed by atoms with Gasteiger partial charge in [-0.15, -0.1) is 0 Å². The third kappa shape index (κ3) is 7.97. The molecule has 1 unspecified atom stereocenters. The first-order valence-corrected chi connectivity index (χ1v) is 22.1. The number of esters is 2. The van der Waals surface area contributed by atoms with Crippen LogP contribution < -0.4 is 0 Å². The van der Waals surface area contributed by atoms with Gasteiger partial charge in [-0.3, -0.25) is 4.79 Å². The maximum Gasteiger partial charge on any atom is 0.346 e. The molecule has 62 heavy (non-hydrogen) atoms. The predicted octanol–water partition coefficient (Wildman–Crippen LogP) is -1.08. The zero-order chi connectivity index (χ0) is 45.3. The van der Waals surface area contributed by atoms with Crippen molar-refractivity contribution in [2.45, 2.75) is 183 Å². The Labute approximate surface area is 361 Å². The Morgan fingerprint density at radius 3 is 1.97 bits per heavy atom. The van der Waals surface area contributed by atoms with Gasteiger partial charge in [0.15, 0.2) is 25.0 Å². The highest BCUT2D eigenvalue weighted by molar-refractivity contribution is 5.82. The third-order valence-electron chi connectivity index (χ3n) is 16.2. The van der Waals surface area contributed by atoms with E-state index in [4.69, 9.17) is 37.9 Å². The lowest BCUT2D eigenvalue weighted by molar-refractivity contribution is -0.398. The number of ether oxygens (including phenoxy) is 8. The van der Waals surface area contributed by atoms with Gasteiger partial charge >= 0.3 is 11.9 Å². The monoisotopic (exact) mass is 888 g/mol. The largest absolute Gasteiger partial charge is 0.466 e. The minimum atomic E-state index is -1.89. The van der Waals surface area contributed by atoms with E-state index in [9.17, 15) is 55.5 Å². The van der Waals surface area contributed by atoms with Crippen molar-refractivity contribution in [2.75, 3.05) is 26.9 Å². The Kier molecular flexibility index (Phi) is 14.0. The van der Waals surface area contributed by atoms with E-state index in [1.807, 2.05) is 6.92 Å². The van der Waals surface area contributed by atoms with Gasteiger partial charge in [0, 0.05) is 5.92 Å². The second-order valence-electron chi connectivity index (χ2n) is 19.6. The molecular formula is C43H68O19. The summed E-state index contributed by atoms with van der Waals surface area (Å²) in [6, 6.07) is 0. The van der Waals surface area contributed by atoms with E-state index in [0.717, 1.165) is 24.8 Å². The maximum atomic E-state index is 13.9. The van der Waals surface area contributed by atoms with E-state index in [1.165, 1.54) is 14.0 Å². The normalized spacial score (nSPS) is 50.9.